The van der Waals surface area contributed by atoms with Crippen LogP contribution < -0.4 is 16.0 Å². The molecule has 0 spiro atoms. The molecular formula is C10H15N5O2. The predicted molar refractivity (Wildman–Crippen MR) is 62.4 cm³/mol. The van der Waals surface area contributed by atoms with Gasteiger partial charge in [-0.05, 0) is 12.8 Å². The van der Waals surface area contributed by atoms with Crippen molar-refractivity contribution in [1.29, 1.82) is 0 Å². The molecule has 4 N–H and O–H groups in total. The van der Waals surface area contributed by atoms with E-state index in [1.165, 1.54) is 6.33 Å². The van der Waals surface area contributed by atoms with E-state index in [0.717, 1.165) is 24.3 Å². The van der Waals surface area contributed by atoms with Crippen LogP contribution in [0.25, 0.3) is 0 Å². The minimum absolute atomic E-state index is 0.0461. The molecule has 2 atom stereocenters. The number of ether oxygens (including phenoxy) is 1. The van der Waals surface area contributed by atoms with Gasteiger partial charge in [0.1, 0.15) is 18.2 Å². The SMILES string of the molecule is Nc1ncnc2c1NCN2[C@H]1CC[C@@H](CO)O1. The molecule has 1 aromatic heterocycles. The molecule has 1 aromatic rings. The molecule has 3 heterocycles. The van der Waals surface area contributed by atoms with Crippen LogP contribution in [0.2, 0.25) is 0 Å². The zero-order valence-electron chi connectivity index (χ0n) is 9.33. The number of nitrogens with one attached hydrogen (secondary N) is 1. The zero-order chi connectivity index (χ0) is 11.8. The van der Waals surface area contributed by atoms with Crippen LogP contribution in [0.1, 0.15) is 12.8 Å². The van der Waals surface area contributed by atoms with Crippen molar-refractivity contribution in [2.24, 2.45) is 0 Å². The summed E-state index contributed by atoms with van der Waals surface area (Å²) in [4.78, 5) is 10.2. The van der Waals surface area contributed by atoms with Crippen molar-refractivity contribution in [2.45, 2.75) is 25.2 Å². The Bertz CT molecular complexity index is 427. The Labute approximate surface area is 98.6 Å². The molecule has 0 aliphatic carbocycles. The molecule has 2 aliphatic heterocycles. The number of nitrogens with two attached hydrogens (primary N) is 1. The van der Waals surface area contributed by atoms with Crippen molar-refractivity contribution in [3.8, 4) is 0 Å². The molecular weight excluding hydrogens is 222 g/mol. The minimum atomic E-state index is -0.0664. The molecule has 17 heavy (non-hydrogen) atoms. The number of fused-ring (bicyclic) bond motifs is 1. The molecule has 7 nitrogen and oxygen atoms in total. The number of rotatable bonds is 2. The standard InChI is InChI=1S/C10H15N5O2/c11-9-8-10(13-4-12-9)15(5-14-8)7-2-1-6(3-16)17-7/h4,6-7,14,16H,1-3,5H2,(H2,11,12,13)/t6-,7+/m0/s1. The predicted octanol–water partition coefficient (Wildman–Crippen LogP) is -0.254. The molecule has 0 unspecified atom stereocenters. The third kappa shape index (κ3) is 1.67. The summed E-state index contributed by atoms with van der Waals surface area (Å²) in [6, 6.07) is 0. The topological polar surface area (TPSA) is 96.5 Å². The first kappa shape index (κ1) is 10.5. The molecule has 92 valence electrons. The number of anilines is 3. The maximum absolute atomic E-state index is 9.06. The van der Waals surface area contributed by atoms with Gasteiger partial charge in [-0.25, -0.2) is 9.97 Å². The molecule has 0 amide bonds. The van der Waals surface area contributed by atoms with Crippen LogP contribution in [0.4, 0.5) is 17.3 Å². The van der Waals surface area contributed by atoms with E-state index in [1.54, 1.807) is 0 Å². The molecule has 2 aliphatic rings. The lowest BCUT2D eigenvalue weighted by Crippen LogP contribution is -2.35. The number of aromatic nitrogens is 2. The second-order valence-corrected chi connectivity index (χ2v) is 4.23. The molecule has 0 radical (unpaired) electrons. The number of nitrogen functional groups attached to an aromatic ring is 1. The lowest BCUT2D eigenvalue weighted by molar-refractivity contribution is 0.0115. The number of aliphatic hydroxyl groups is 1. The van der Waals surface area contributed by atoms with E-state index in [2.05, 4.69) is 15.3 Å². The van der Waals surface area contributed by atoms with Crippen molar-refractivity contribution in [2.75, 3.05) is 29.2 Å². The van der Waals surface area contributed by atoms with Crippen LogP contribution in [0, 0.1) is 0 Å². The highest BCUT2D eigenvalue weighted by molar-refractivity contribution is 5.79. The molecule has 7 heteroatoms. The fourth-order valence-corrected chi connectivity index (χ4v) is 2.30. The number of hydrogen-bond acceptors (Lipinski definition) is 7. The van der Waals surface area contributed by atoms with Crippen molar-refractivity contribution < 1.29 is 9.84 Å². The van der Waals surface area contributed by atoms with Gasteiger partial charge in [-0.2, -0.15) is 0 Å². The zero-order valence-corrected chi connectivity index (χ0v) is 9.33. The highest BCUT2D eigenvalue weighted by Crippen LogP contribution is 2.36. The monoisotopic (exact) mass is 237 g/mol. The molecule has 0 bridgehead atoms. The van der Waals surface area contributed by atoms with E-state index in [9.17, 15) is 0 Å². The lowest BCUT2D eigenvalue weighted by Gasteiger charge is -2.24. The van der Waals surface area contributed by atoms with Gasteiger partial charge in [0.15, 0.2) is 11.6 Å². The summed E-state index contributed by atoms with van der Waals surface area (Å²) in [5, 5.41) is 12.2. The van der Waals surface area contributed by atoms with Crippen LogP contribution in [0.15, 0.2) is 6.33 Å². The molecule has 1 saturated heterocycles. The molecule has 0 saturated carbocycles. The second-order valence-electron chi connectivity index (χ2n) is 4.23. The average Bonchev–Trinajstić information content (AvgIpc) is 2.94. The van der Waals surface area contributed by atoms with Gasteiger partial charge < -0.3 is 25.8 Å². The maximum atomic E-state index is 9.06. The van der Waals surface area contributed by atoms with Crippen LogP contribution in [0.3, 0.4) is 0 Å². The summed E-state index contributed by atoms with van der Waals surface area (Å²) in [7, 11) is 0. The van der Waals surface area contributed by atoms with Gasteiger partial charge >= 0.3 is 0 Å². The Balaban J connectivity index is 1.82. The van der Waals surface area contributed by atoms with E-state index < -0.39 is 0 Å². The van der Waals surface area contributed by atoms with E-state index in [1.807, 2.05) is 4.90 Å². The van der Waals surface area contributed by atoms with Gasteiger partial charge in [0, 0.05) is 0 Å². The van der Waals surface area contributed by atoms with E-state index >= 15 is 0 Å². The Morgan fingerprint density at radius 1 is 1.53 bits per heavy atom. The first-order valence-corrected chi connectivity index (χ1v) is 5.67. The highest BCUT2D eigenvalue weighted by Gasteiger charge is 2.34. The number of hydrogen-bond donors (Lipinski definition) is 3. The van der Waals surface area contributed by atoms with Gasteiger partial charge in [0.2, 0.25) is 0 Å². The molecule has 1 fully saturated rings. The minimum Gasteiger partial charge on any atom is -0.394 e. The smallest absolute Gasteiger partial charge is 0.161 e. The Morgan fingerprint density at radius 2 is 2.41 bits per heavy atom. The summed E-state index contributed by atoms with van der Waals surface area (Å²) < 4.78 is 5.73. The third-order valence-corrected chi connectivity index (χ3v) is 3.19. The van der Waals surface area contributed by atoms with Crippen molar-refractivity contribution in [3.05, 3.63) is 6.33 Å². The second kappa shape index (κ2) is 4.01. The number of nitrogens with zero attached hydrogens (tertiary/aromatic N) is 3. The fraction of sp³-hybridized carbons (Fsp3) is 0.600. The summed E-state index contributed by atoms with van der Waals surface area (Å²) in [5.74, 6) is 1.23. The summed E-state index contributed by atoms with van der Waals surface area (Å²) in [6.45, 7) is 0.678. The molecule has 3 rings (SSSR count). The normalized spacial score (nSPS) is 27.0. The number of aliphatic hydroxyl groups excluding tert-OH is 1. The van der Waals surface area contributed by atoms with E-state index in [0.29, 0.717) is 12.5 Å². The maximum Gasteiger partial charge on any atom is 0.161 e. The van der Waals surface area contributed by atoms with Crippen molar-refractivity contribution in [1.82, 2.24) is 9.97 Å². The Morgan fingerprint density at radius 3 is 3.18 bits per heavy atom. The van der Waals surface area contributed by atoms with Gasteiger partial charge in [-0.3, -0.25) is 0 Å². The van der Waals surface area contributed by atoms with E-state index in [-0.39, 0.29) is 18.9 Å². The summed E-state index contributed by atoms with van der Waals surface area (Å²) in [6.07, 6.45) is 3.09. The lowest BCUT2D eigenvalue weighted by atomic mass is 10.2. The van der Waals surface area contributed by atoms with E-state index in [4.69, 9.17) is 15.6 Å². The van der Waals surface area contributed by atoms with Gasteiger partial charge in [0.25, 0.3) is 0 Å². The molecule has 0 aromatic carbocycles. The van der Waals surface area contributed by atoms with Crippen LogP contribution >= 0.6 is 0 Å². The van der Waals surface area contributed by atoms with Crippen LogP contribution in [0.5, 0.6) is 0 Å². The first-order chi connectivity index (χ1) is 8.29. The quantitative estimate of drug-likeness (QED) is 0.652. The Kier molecular flexibility index (Phi) is 2.49. The fourth-order valence-electron chi connectivity index (χ4n) is 2.30. The first-order valence-electron chi connectivity index (χ1n) is 5.67. The van der Waals surface area contributed by atoms with Gasteiger partial charge in [-0.1, -0.05) is 0 Å². The average molecular weight is 237 g/mol. The van der Waals surface area contributed by atoms with Crippen LogP contribution in [-0.2, 0) is 4.74 Å². The van der Waals surface area contributed by atoms with Crippen LogP contribution in [-0.4, -0.2) is 40.7 Å². The Hall–Kier alpha value is -1.60. The summed E-state index contributed by atoms with van der Waals surface area (Å²) >= 11 is 0. The van der Waals surface area contributed by atoms with Crippen molar-refractivity contribution >= 4 is 17.3 Å². The van der Waals surface area contributed by atoms with Gasteiger partial charge in [-0.15, -0.1) is 0 Å². The van der Waals surface area contributed by atoms with Gasteiger partial charge in [0.05, 0.1) is 19.4 Å². The summed E-state index contributed by atoms with van der Waals surface area (Å²) in [5.41, 5.74) is 6.53. The third-order valence-electron chi connectivity index (χ3n) is 3.19. The largest absolute Gasteiger partial charge is 0.394 e. The van der Waals surface area contributed by atoms with Crippen molar-refractivity contribution in [3.63, 3.8) is 0 Å². The highest BCUT2D eigenvalue weighted by atomic mass is 16.5.